The number of carbonyl (C=O) groups excluding carboxylic acids is 1. The Morgan fingerprint density at radius 3 is 2.95 bits per heavy atom. The van der Waals surface area contributed by atoms with Crippen LogP contribution in [0.25, 0.3) is 0 Å². The smallest absolute Gasteiger partial charge is 0.226 e. The van der Waals surface area contributed by atoms with Crippen molar-refractivity contribution >= 4 is 28.2 Å². The highest BCUT2D eigenvalue weighted by atomic mass is 32.1. The zero-order valence-corrected chi connectivity index (χ0v) is 12.2. The largest absolute Gasteiger partial charge is 0.490 e. The van der Waals surface area contributed by atoms with Crippen LogP contribution in [0.4, 0.5) is 10.9 Å². The van der Waals surface area contributed by atoms with Gasteiger partial charge in [0.05, 0.1) is 4.88 Å². The van der Waals surface area contributed by atoms with Crippen molar-refractivity contribution in [1.82, 2.24) is 4.98 Å². The lowest BCUT2D eigenvalue weighted by molar-refractivity contribution is -0.116. The van der Waals surface area contributed by atoms with E-state index in [1.165, 1.54) is 11.3 Å². The maximum absolute atomic E-state index is 11.8. The number of rotatable bonds is 4. The van der Waals surface area contributed by atoms with Gasteiger partial charge in [-0.25, -0.2) is 4.98 Å². The SMILES string of the molecule is C=CCOc1ccc([C@H]2CC(=O)Nc3nc(N)sc32)cc1. The van der Waals surface area contributed by atoms with Gasteiger partial charge in [-0.05, 0) is 17.7 Å². The second-order valence-corrected chi connectivity index (χ2v) is 5.80. The normalized spacial score (nSPS) is 17.0. The number of thiazole rings is 1. The molecule has 108 valence electrons. The molecule has 6 heteroatoms. The summed E-state index contributed by atoms with van der Waals surface area (Å²) in [5.41, 5.74) is 6.81. The third-order valence-corrected chi connectivity index (χ3v) is 4.28. The van der Waals surface area contributed by atoms with Crippen molar-refractivity contribution in [3.8, 4) is 5.75 Å². The Kier molecular flexibility index (Phi) is 3.62. The van der Waals surface area contributed by atoms with Crippen LogP contribution in [0.2, 0.25) is 0 Å². The first-order valence-electron chi connectivity index (χ1n) is 6.57. The zero-order valence-electron chi connectivity index (χ0n) is 11.3. The summed E-state index contributed by atoms with van der Waals surface area (Å²) in [7, 11) is 0. The molecule has 1 aliphatic rings. The summed E-state index contributed by atoms with van der Waals surface area (Å²) < 4.78 is 5.47. The third kappa shape index (κ3) is 2.75. The first-order chi connectivity index (χ1) is 10.2. The van der Waals surface area contributed by atoms with E-state index in [1.54, 1.807) is 6.08 Å². The van der Waals surface area contributed by atoms with Gasteiger partial charge in [-0.2, -0.15) is 0 Å². The first-order valence-corrected chi connectivity index (χ1v) is 7.38. The predicted molar refractivity (Wildman–Crippen MR) is 83.8 cm³/mol. The third-order valence-electron chi connectivity index (χ3n) is 3.28. The van der Waals surface area contributed by atoms with Crippen LogP contribution in [0, 0.1) is 0 Å². The van der Waals surface area contributed by atoms with E-state index in [2.05, 4.69) is 16.9 Å². The summed E-state index contributed by atoms with van der Waals surface area (Å²) in [4.78, 5) is 17.0. The number of benzene rings is 1. The Bertz CT molecular complexity index is 679. The number of anilines is 2. The van der Waals surface area contributed by atoms with E-state index >= 15 is 0 Å². The van der Waals surface area contributed by atoms with Crippen LogP contribution in [-0.2, 0) is 4.79 Å². The average molecular weight is 301 g/mol. The molecule has 21 heavy (non-hydrogen) atoms. The van der Waals surface area contributed by atoms with Gasteiger partial charge in [0.25, 0.3) is 0 Å². The Morgan fingerprint density at radius 1 is 1.48 bits per heavy atom. The number of fused-ring (bicyclic) bond motifs is 1. The lowest BCUT2D eigenvalue weighted by Crippen LogP contribution is -2.22. The minimum atomic E-state index is -0.0372. The van der Waals surface area contributed by atoms with Gasteiger partial charge in [0, 0.05) is 12.3 Å². The number of nitrogens with two attached hydrogens (primary N) is 1. The molecule has 0 saturated carbocycles. The van der Waals surface area contributed by atoms with Gasteiger partial charge < -0.3 is 15.8 Å². The lowest BCUT2D eigenvalue weighted by Gasteiger charge is -2.21. The predicted octanol–water partition coefficient (Wildman–Crippen LogP) is 2.76. The number of carbonyl (C=O) groups is 1. The second-order valence-electron chi connectivity index (χ2n) is 4.74. The molecular formula is C15H15N3O2S. The van der Waals surface area contributed by atoms with Crippen LogP contribution in [0.5, 0.6) is 5.75 Å². The number of hydrogen-bond donors (Lipinski definition) is 2. The Hall–Kier alpha value is -2.34. The van der Waals surface area contributed by atoms with Crippen molar-refractivity contribution in [3.05, 3.63) is 47.4 Å². The Morgan fingerprint density at radius 2 is 2.24 bits per heavy atom. The van der Waals surface area contributed by atoms with Gasteiger partial charge in [-0.15, -0.1) is 0 Å². The minimum absolute atomic E-state index is 0.00277. The topological polar surface area (TPSA) is 77.2 Å². The van der Waals surface area contributed by atoms with Gasteiger partial charge in [0.1, 0.15) is 18.2 Å². The van der Waals surface area contributed by atoms with Crippen LogP contribution in [0.1, 0.15) is 22.8 Å². The fraction of sp³-hybridized carbons (Fsp3) is 0.200. The van der Waals surface area contributed by atoms with Gasteiger partial charge >= 0.3 is 0 Å². The van der Waals surface area contributed by atoms with E-state index in [-0.39, 0.29) is 11.8 Å². The average Bonchev–Trinajstić information content (AvgIpc) is 2.85. The molecule has 0 fully saturated rings. The maximum atomic E-state index is 11.8. The van der Waals surface area contributed by atoms with Gasteiger partial charge in [-0.3, -0.25) is 4.79 Å². The molecule has 2 heterocycles. The van der Waals surface area contributed by atoms with Crippen molar-refractivity contribution in [3.63, 3.8) is 0 Å². The number of ether oxygens (including phenoxy) is 1. The molecule has 0 spiro atoms. The summed E-state index contributed by atoms with van der Waals surface area (Å²) in [6.45, 7) is 4.09. The minimum Gasteiger partial charge on any atom is -0.490 e. The van der Waals surface area contributed by atoms with Crippen molar-refractivity contribution in [2.24, 2.45) is 0 Å². The highest BCUT2D eigenvalue weighted by molar-refractivity contribution is 7.16. The molecule has 1 atom stereocenters. The number of nitrogens with zero attached hydrogens (tertiary/aromatic N) is 1. The highest BCUT2D eigenvalue weighted by Crippen LogP contribution is 2.41. The molecular weight excluding hydrogens is 286 g/mol. The summed E-state index contributed by atoms with van der Waals surface area (Å²) in [6, 6.07) is 7.74. The van der Waals surface area contributed by atoms with Crippen LogP contribution in [0.15, 0.2) is 36.9 Å². The number of aromatic nitrogens is 1. The highest BCUT2D eigenvalue weighted by Gasteiger charge is 2.29. The Labute approximate surface area is 126 Å². The molecule has 5 nitrogen and oxygen atoms in total. The second kappa shape index (κ2) is 5.57. The van der Waals surface area contributed by atoms with E-state index in [0.717, 1.165) is 16.2 Å². The molecule has 1 amide bonds. The Balaban J connectivity index is 1.89. The van der Waals surface area contributed by atoms with Crippen molar-refractivity contribution in [2.75, 3.05) is 17.7 Å². The summed E-state index contributed by atoms with van der Waals surface area (Å²) in [5.74, 6) is 1.33. The molecule has 0 unspecified atom stereocenters. The molecule has 3 N–H and O–H groups in total. The number of nitrogens with one attached hydrogen (secondary N) is 1. The van der Waals surface area contributed by atoms with Crippen LogP contribution in [-0.4, -0.2) is 17.5 Å². The summed E-state index contributed by atoms with van der Waals surface area (Å²) >= 11 is 1.42. The quantitative estimate of drug-likeness (QED) is 0.851. The number of nitrogen functional groups attached to an aromatic ring is 1. The van der Waals surface area contributed by atoms with E-state index in [0.29, 0.717) is 24.0 Å². The maximum Gasteiger partial charge on any atom is 0.226 e. The molecule has 1 aromatic heterocycles. The molecule has 0 bridgehead atoms. The van der Waals surface area contributed by atoms with Crippen LogP contribution in [0.3, 0.4) is 0 Å². The van der Waals surface area contributed by atoms with Gasteiger partial charge in [-0.1, -0.05) is 36.1 Å². The van der Waals surface area contributed by atoms with Crippen LogP contribution < -0.4 is 15.8 Å². The molecule has 0 saturated heterocycles. The summed E-state index contributed by atoms with van der Waals surface area (Å²) in [5, 5.41) is 3.23. The molecule has 0 aliphatic carbocycles. The molecule has 0 radical (unpaired) electrons. The van der Waals surface area contributed by atoms with Crippen molar-refractivity contribution in [2.45, 2.75) is 12.3 Å². The monoisotopic (exact) mass is 301 g/mol. The number of amides is 1. The molecule has 1 aliphatic heterocycles. The van der Waals surface area contributed by atoms with E-state index < -0.39 is 0 Å². The summed E-state index contributed by atoms with van der Waals surface area (Å²) in [6.07, 6.45) is 2.10. The van der Waals surface area contributed by atoms with Crippen LogP contribution >= 0.6 is 11.3 Å². The standard InChI is InChI=1S/C15H15N3O2S/c1-2-7-20-10-5-3-9(4-6-10)11-8-12(19)17-14-13(11)21-15(16)18-14/h2-6,11H,1,7-8H2,(H2,16,18)(H,17,19)/t11-/m1/s1. The lowest BCUT2D eigenvalue weighted by atomic mass is 9.91. The number of hydrogen-bond acceptors (Lipinski definition) is 5. The molecule has 1 aromatic carbocycles. The van der Waals surface area contributed by atoms with E-state index in [4.69, 9.17) is 10.5 Å². The fourth-order valence-corrected chi connectivity index (χ4v) is 3.27. The zero-order chi connectivity index (χ0) is 14.8. The van der Waals surface area contributed by atoms with Crippen molar-refractivity contribution < 1.29 is 9.53 Å². The van der Waals surface area contributed by atoms with Crippen molar-refractivity contribution in [1.29, 1.82) is 0 Å². The van der Waals surface area contributed by atoms with E-state index in [1.807, 2.05) is 24.3 Å². The molecule has 2 aromatic rings. The fourth-order valence-electron chi connectivity index (χ4n) is 2.36. The van der Waals surface area contributed by atoms with E-state index in [9.17, 15) is 4.79 Å². The first kappa shape index (κ1) is 13.6. The van der Waals surface area contributed by atoms with Gasteiger partial charge in [0.15, 0.2) is 5.13 Å². The van der Waals surface area contributed by atoms with Gasteiger partial charge in [0.2, 0.25) is 5.91 Å². The molecule has 3 rings (SSSR count).